The second-order valence-electron chi connectivity index (χ2n) is 3.81. The van der Waals surface area contributed by atoms with Gasteiger partial charge in [0.2, 0.25) is 5.96 Å². The minimum Gasteiger partial charge on any atom is -0.369 e. The summed E-state index contributed by atoms with van der Waals surface area (Å²) in [5.41, 5.74) is 11.4. The number of aromatic nitrogens is 2. The smallest absolute Gasteiger partial charge is 0.211 e. The molecule has 0 bridgehead atoms. The molecule has 1 aromatic carbocycles. The number of nitrogens with zero attached hydrogens (tertiary/aromatic N) is 4. The van der Waals surface area contributed by atoms with E-state index in [-0.39, 0.29) is 5.96 Å². The van der Waals surface area contributed by atoms with E-state index in [0.29, 0.717) is 17.4 Å². The van der Waals surface area contributed by atoms with E-state index in [0.717, 1.165) is 5.56 Å². The van der Waals surface area contributed by atoms with Gasteiger partial charge in [-0.3, -0.25) is 0 Å². The number of imidazole rings is 1. The van der Waals surface area contributed by atoms with Crippen LogP contribution in [-0.2, 0) is 6.54 Å². The molecule has 0 unspecified atom stereocenters. The van der Waals surface area contributed by atoms with Crippen LogP contribution in [0.15, 0.2) is 46.9 Å². The zero-order chi connectivity index (χ0) is 13.7. The van der Waals surface area contributed by atoms with Crippen molar-refractivity contribution >= 4 is 23.8 Å². The maximum atomic E-state index is 5.95. The van der Waals surface area contributed by atoms with Gasteiger partial charge in [0.15, 0.2) is 5.82 Å². The first kappa shape index (κ1) is 13.1. The fourth-order valence-corrected chi connectivity index (χ4v) is 1.77. The molecule has 19 heavy (non-hydrogen) atoms. The van der Waals surface area contributed by atoms with E-state index in [1.54, 1.807) is 6.20 Å². The van der Waals surface area contributed by atoms with E-state index in [1.165, 1.54) is 6.21 Å². The van der Waals surface area contributed by atoms with Crippen LogP contribution in [0, 0.1) is 0 Å². The van der Waals surface area contributed by atoms with Gasteiger partial charge >= 0.3 is 0 Å². The van der Waals surface area contributed by atoms with Crippen LogP contribution in [-0.4, -0.2) is 21.7 Å². The predicted octanol–water partition coefficient (Wildman–Crippen LogP) is 1.19. The van der Waals surface area contributed by atoms with Gasteiger partial charge in [-0.15, -0.1) is 5.10 Å². The van der Waals surface area contributed by atoms with Gasteiger partial charge in [0.05, 0.1) is 6.21 Å². The summed E-state index contributed by atoms with van der Waals surface area (Å²) in [4.78, 5) is 4.16. The molecule has 1 aromatic heterocycles. The Morgan fingerprint density at radius 3 is 3.00 bits per heavy atom. The Bertz CT molecular complexity index is 612. The lowest BCUT2D eigenvalue weighted by Gasteiger charge is -2.05. The van der Waals surface area contributed by atoms with E-state index in [2.05, 4.69) is 15.2 Å². The molecule has 4 N–H and O–H groups in total. The minimum absolute atomic E-state index is 0.0933. The van der Waals surface area contributed by atoms with Crippen LogP contribution >= 0.6 is 11.6 Å². The molecule has 0 amide bonds. The number of nitrogens with two attached hydrogens (primary N) is 2. The van der Waals surface area contributed by atoms with Crippen molar-refractivity contribution < 1.29 is 0 Å². The fourth-order valence-electron chi connectivity index (χ4n) is 1.56. The average Bonchev–Trinajstić information content (AvgIpc) is 2.76. The lowest BCUT2D eigenvalue weighted by Crippen LogP contribution is -2.21. The highest BCUT2D eigenvalue weighted by molar-refractivity contribution is 6.30. The third kappa shape index (κ3) is 3.82. The molecule has 0 spiro atoms. The Morgan fingerprint density at radius 2 is 2.26 bits per heavy atom. The van der Waals surface area contributed by atoms with Crippen LogP contribution in [0.5, 0.6) is 0 Å². The average molecular weight is 277 g/mol. The Hall–Kier alpha value is -2.34. The molecule has 0 aliphatic heterocycles. The first-order valence-electron chi connectivity index (χ1n) is 5.52. The number of guanidine groups is 1. The highest BCUT2D eigenvalue weighted by Crippen LogP contribution is 2.12. The standard InChI is InChI=1S/C12H13ClN6/c13-10-3-1-2-9(6-10)8-19-5-4-16-11(19)7-17-18-12(14)15/h1-7H,8H2,(H4,14,15,18)/b17-7+. The number of hydrogen-bond donors (Lipinski definition) is 2. The van der Waals surface area contributed by atoms with Gasteiger partial charge in [-0.05, 0) is 17.7 Å². The summed E-state index contributed by atoms with van der Waals surface area (Å²) >= 11 is 5.95. The molecule has 0 saturated carbocycles. The Morgan fingerprint density at radius 1 is 1.42 bits per heavy atom. The van der Waals surface area contributed by atoms with E-state index >= 15 is 0 Å². The summed E-state index contributed by atoms with van der Waals surface area (Å²) in [5.74, 6) is 0.564. The monoisotopic (exact) mass is 276 g/mol. The maximum Gasteiger partial charge on any atom is 0.211 e. The summed E-state index contributed by atoms with van der Waals surface area (Å²) in [5, 5.41) is 7.97. The SMILES string of the molecule is NC(N)=N/N=C/c1nccn1Cc1cccc(Cl)c1. The Balaban J connectivity index is 2.16. The van der Waals surface area contributed by atoms with E-state index < -0.39 is 0 Å². The van der Waals surface area contributed by atoms with Crippen molar-refractivity contribution in [2.45, 2.75) is 6.54 Å². The Kier molecular flexibility index (Phi) is 4.15. The van der Waals surface area contributed by atoms with Crippen LogP contribution in [0.1, 0.15) is 11.4 Å². The summed E-state index contributed by atoms with van der Waals surface area (Å²) in [6, 6.07) is 7.63. The molecule has 2 aromatic rings. The lowest BCUT2D eigenvalue weighted by atomic mass is 10.2. The van der Waals surface area contributed by atoms with E-state index in [9.17, 15) is 0 Å². The molecule has 0 fully saturated rings. The topological polar surface area (TPSA) is 94.6 Å². The third-order valence-electron chi connectivity index (χ3n) is 2.34. The van der Waals surface area contributed by atoms with Gasteiger partial charge in [-0.25, -0.2) is 4.98 Å². The highest BCUT2D eigenvalue weighted by Gasteiger charge is 2.01. The molecule has 0 aliphatic rings. The molecule has 1 heterocycles. The molecular weight excluding hydrogens is 264 g/mol. The summed E-state index contributed by atoms with van der Waals surface area (Å²) < 4.78 is 1.91. The van der Waals surface area contributed by atoms with Gasteiger partial charge in [0, 0.05) is 24.0 Å². The number of hydrogen-bond acceptors (Lipinski definition) is 3. The molecule has 2 rings (SSSR count). The van der Waals surface area contributed by atoms with Crippen LogP contribution in [0.25, 0.3) is 0 Å². The molecule has 98 valence electrons. The van der Waals surface area contributed by atoms with Crippen molar-refractivity contribution in [1.29, 1.82) is 0 Å². The summed E-state index contributed by atoms with van der Waals surface area (Å²) in [6.45, 7) is 0.643. The van der Waals surface area contributed by atoms with Gasteiger partial charge < -0.3 is 16.0 Å². The second kappa shape index (κ2) is 6.01. The molecule has 6 nitrogen and oxygen atoms in total. The molecule has 0 radical (unpaired) electrons. The molecule has 0 aliphatic carbocycles. The van der Waals surface area contributed by atoms with Crippen molar-refractivity contribution in [2.75, 3.05) is 0 Å². The van der Waals surface area contributed by atoms with Crippen molar-refractivity contribution in [1.82, 2.24) is 9.55 Å². The Labute approximate surface area is 115 Å². The van der Waals surface area contributed by atoms with Crippen LogP contribution < -0.4 is 11.5 Å². The van der Waals surface area contributed by atoms with Gasteiger partial charge in [-0.2, -0.15) is 5.10 Å². The lowest BCUT2D eigenvalue weighted by molar-refractivity contribution is 0.789. The zero-order valence-corrected chi connectivity index (χ0v) is 10.8. The van der Waals surface area contributed by atoms with Crippen molar-refractivity contribution in [3.05, 3.63) is 53.1 Å². The van der Waals surface area contributed by atoms with E-state index in [4.69, 9.17) is 23.1 Å². The van der Waals surface area contributed by atoms with Crippen LogP contribution in [0.2, 0.25) is 5.02 Å². The van der Waals surface area contributed by atoms with Crippen molar-refractivity contribution in [2.24, 2.45) is 21.7 Å². The predicted molar refractivity (Wildman–Crippen MR) is 76.2 cm³/mol. The van der Waals surface area contributed by atoms with Gasteiger partial charge in [0.25, 0.3) is 0 Å². The third-order valence-corrected chi connectivity index (χ3v) is 2.57. The summed E-state index contributed by atoms with van der Waals surface area (Å²) in [6.07, 6.45) is 5.02. The zero-order valence-electron chi connectivity index (χ0n) is 10.1. The second-order valence-corrected chi connectivity index (χ2v) is 4.25. The highest BCUT2D eigenvalue weighted by atomic mass is 35.5. The first-order valence-corrected chi connectivity index (χ1v) is 5.90. The van der Waals surface area contributed by atoms with Crippen molar-refractivity contribution in [3.8, 4) is 0 Å². The normalized spacial score (nSPS) is 10.8. The van der Waals surface area contributed by atoms with Crippen molar-refractivity contribution in [3.63, 3.8) is 0 Å². The molecule has 0 saturated heterocycles. The molecule has 7 heteroatoms. The molecule has 0 atom stereocenters. The van der Waals surface area contributed by atoms with E-state index in [1.807, 2.05) is 35.0 Å². The summed E-state index contributed by atoms with van der Waals surface area (Å²) in [7, 11) is 0. The number of rotatable bonds is 4. The number of benzene rings is 1. The minimum atomic E-state index is -0.0933. The van der Waals surface area contributed by atoms with Crippen LogP contribution in [0.4, 0.5) is 0 Å². The largest absolute Gasteiger partial charge is 0.369 e. The quantitative estimate of drug-likeness (QED) is 0.499. The fraction of sp³-hybridized carbons (Fsp3) is 0.0833. The number of halogens is 1. The molecular formula is C12H13ClN6. The first-order chi connectivity index (χ1) is 9.15. The van der Waals surface area contributed by atoms with Crippen LogP contribution in [0.3, 0.4) is 0 Å². The maximum absolute atomic E-state index is 5.95. The van der Waals surface area contributed by atoms with Gasteiger partial charge in [0.1, 0.15) is 0 Å². The van der Waals surface area contributed by atoms with Gasteiger partial charge in [-0.1, -0.05) is 23.7 Å².